The van der Waals surface area contributed by atoms with Crippen molar-refractivity contribution >= 4 is 17.3 Å². The maximum atomic E-state index is 13.2. The van der Waals surface area contributed by atoms with Crippen LogP contribution in [0, 0.1) is 5.92 Å². The number of carbonyl (C=O) groups excluding carboxylic acids is 1. The monoisotopic (exact) mass is 511 g/mol. The predicted octanol–water partition coefficient (Wildman–Crippen LogP) is 4.09. The van der Waals surface area contributed by atoms with Crippen LogP contribution in [0.5, 0.6) is 0 Å². The number of rotatable bonds is 5. The molecule has 1 aliphatic carbocycles. The summed E-state index contributed by atoms with van der Waals surface area (Å²) in [4.78, 5) is 19.7. The van der Waals surface area contributed by atoms with E-state index in [0.29, 0.717) is 11.5 Å². The van der Waals surface area contributed by atoms with Gasteiger partial charge in [0, 0.05) is 48.7 Å². The van der Waals surface area contributed by atoms with Gasteiger partial charge in [0.2, 0.25) is 0 Å². The van der Waals surface area contributed by atoms with Crippen LogP contribution in [0.15, 0.2) is 73.1 Å². The van der Waals surface area contributed by atoms with E-state index in [1.54, 1.807) is 6.20 Å². The molecule has 1 saturated carbocycles. The van der Waals surface area contributed by atoms with E-state index in [1.165, 1.54) is 5.56 Å². The molecule has 2 fully saturated rings. The molecule has 0 radical (unpaired) electrons. The number of aromatic nitrogens is 2. The maximum Gasteiger partial charge on any atom is 0.253 e. The van der Waals surface area contributed by atoms with Gasteiger partial charge in [0.15, 0.2) is 5.82 Å². The van der Waals surface area contributed by atoms with Gasteiger partial charge in [0.25, 0.3) is 5.91 Å². The molecule has 1 amide bonds. The van der Waals surface area contributed by atoms with E-state index in [4.69, 9.17) is 11.5 Å². The van der Waals surface area contributed by atoms with Crippen LogP contribution in [0.4, 0.5) is 5.69 Å². The second-order valence-corrected chi connectivity index (χ2v) is 11.0. The first-order chi connectivity index (χ1) is 18.5. The summed E-state index contributed by atoms with van der Waals surface area (Å²) in [6.07, 6.45) is 11.7. The van der Waals surface area contributed by atoms with Crippen molar-refractivity contribution < 1.29 is 4.79 Å². The van der Waals surface area contributed by atoms with Crippen LogP contribution >= 0.6 is 0 Å². The molecule has 3 aromatic rings. The number of hydrogen-bond acceptors (Lipinski definition) is 6. The van der Waals surface area contributed by atoms with Gasteiger partial charge >= 0.3 is 0 Å². The molecule has 8 nitrogen and oxygen atoms in total. The summed E-state index contributed by atoms with van der Waals surface area (Å²) < 4.78 is 1.90. The molecule has 0 bridgehead atoms. The number of nitrogens with zero attached hydrogens (tertiary/aromatic N) is 3. The number of imidazole rings is 1. The maximum absolute atomic E-state index is 13.2. The Bertz CT molecular complexity index is 1290. The van der Waals surface area contributed by atoms with Gasteiger partial charge in [-0.25, -0.2) is 9.66 Å². The Morgan fingerprint density at radius 2 is 1.68 bits per heavy atom. The molecule has 0 spiro atoms. The number of anilines is 1. The van der Waals surface area contributed by atoms with Crippen molar-refractivity contribution in [1.29, 1.82) is 0 Å². The van der Waals surface area contributed by atoms with Crippen LogP contribution in [0.3, 0.4) is 0 Å². The van der Waals surface area contributed by atoms with Gasteiger partial charge in [-0.15, -0.1) is 0 Å². The number of amides is 1. The Labute approximate surface area is 224 Å². The van der Waals surface area contributed by atoms with E-state index in [0.717, 1.165) is 68.8 Å². The molecule has 3 aliphatic rings. The molecule has 38 heavy (non-hydrogen) atoms. The Morgan fingerprint density at radius 1 is 0.974 bits per heavy atom. The van der Waals surface area contributed by atoms with Crippen LogP contribution < -0.4 is 22.2 Å². The summed E-state index contributed by atoms with van der Waals surface area (Å²) >= 11 is 0. The lowest BCUT2D eigenvalue weighted by atomic mass is 9.78. The summed E-state index contributed by atoms with van der Waals surface area (Å²) in [6.45, 7) is 1.57. The fraction of sp³-hybridized carbons (Fsp3) is 0.400. The van der Waals surface area contributed by atoms with Gasteiger partial charge in [-0.2, -0.15) is 0 Å². The number of nitrogens with two attached hydrogens (primary N) is 2. The lowest BCUT2D eigenvalue weighted by Gasteiger charge is -2.42. The minimum absolute atomic E-state index is 0.0937. The first-order valence-electron chi connectivity index (χ1n) is 13.8. The lowest BCUT2D eigenvalue weighted by Crippen LogP contribution is -2.58. The first kappa shape index (κ1) is 24.7. The van der Waals surface area contributed by atoms with Crippen molar-refractivity contribution in [2.75, 3.05) is 23.8 Å². The Morgan fingerprint density at radius 3 is 2.39 bits per heavy atom. The van der Waals surface area contributed by atoms with E-state index in [2.05, 4.69) is 52.1 Å². The van der Waals surface area contributed by atoms with Crippen molar-refractivity contribution in [1.82, 2.24) is 14.6 Å². The van der Waals surface area contributed by atoms with Crippen LogP contribution in [-0.2, 0) is 0 Å². The highest BCUT2D eigenvalue weighted by molar-refractivity contribution is 5.95. The number of fused-ring (bicyclic) bond motifs is 1. The Balaban J connectivity index is 1.13. The van der Waals surface area contributed by atoms with Gasteiger partial charge in [-0.3, -0.25) is 4.79 Å². The molecule has 1 unspecified atom stereocenters. The number of likely N-dealkylation sites (tertiary alicyclic amines) is 1. The minimum Gasteiger partial charge on any atom is -0.353 e. The average molecular weight is 512 g/mol. The summed E-state index contributed by atoms with van der Waals surface area (Å²) in [5.41, 5.74) is 19.6. The van der Waals surface area contributed by atoms with E-state index in [-0.39, 0.29) is 17.9 Å². The van der Waals surface area contributed by atoms with Gasteiger partial charge in [-0.1, -0.05) is 30.3 Å². The van der Waals surface area contributed by atoms with Crippen LogP contribution in [0.1, 0.15) is 66.2 Å². The Kier molecular flexibility index (Phi) is 6.68. The molecule has 2 aliphatic heterocycles. The lowest BCUT2D eigenvalue weighted by molar-refractivity contribution is 0.0713. The molecule has 6 rings (SSSR count). The number of nitrogens with one attached hydrogen (secondary N) is 2. The third-order valence-corrected chi connectivity index (χ3v) is 8.49. The van der Waals surface area contributed by atoms with Gasteiger partial charge in [0.05, 0.1) is 5.70 Å². The normalized spacial score (nSPS) is 25.7. The molecule has 1 saturated heterocycles. The second-order valence-electron chi connectivity index (χ2n) is 11.0. The van der Waals surface area contributed by atoms with Crippen LogP contribution in [-0.4, -0.2) is 45.3 Å². The van der Waals surface area contributed by atoms with E-state index in [1.807, 2.05) is 40.0 Å². The van der Waals surface area contributed by atoms with Gasteiger partial charge < -0.3 is 27.1 Å². The van der Waals surface area contributed by atoms with Gasteiger partial charge in [-0.05, 0) is 80.3 Å². The molecule has 1 aromatic heterocycles. The van der Waals surface area contributed by atoms with E-state index >= 15 is 0 Å². The zero-order chi connectivity index (χ0) is 26.1. The zero-order valence-electron chi connectivity index (χ0n) is 21.7. The van der Waals surface area contributed by atoms with E-state index < -0.39 is 5.66 Å². The quantitative estimate of drug-likeness (QED) is 0.410. The highest BCUT2D eigenvalue weighted by Crippen LogP contribution is 2.35. The van der Waals surface area contributed by atoms with Crippen LogP contribution in [0.25, 0.3) is 5.70 Å². The number of benzene rings is 2. The third kappa shape index (κ3) is 4.93. The van der Waals surface area contributed by atoms with Crippen molar-refractivity contribution in [3.05, 3.63) is 90.0 Å². The van der Waals surface area contributed by atoms with Crippen molar-refractivity contribution in [3.8, 4) is 0 Å². The molecular weight excluding hydrogens is 474 g/mol. The highest BCUT2D eigenvalue weighted by atomic mass is 16.2. The fourth-order valence-electron chi connectivity index (χ4n) is 6.21. The molecule has 8 heteroatoms. The SMILES string of the molecule is NC1CCC(C2(N)C=C(Nc3ccc(C(=O)N4CCC(c5ccccc5)CC4)cc3)c3nccn3N2)CC1. The predicted molar refractivity (Wildman–Crippen MR) is 151 cm³/mol. The zero-order valence-corrected chi connectivity index (χ0v) is 21.7. The van der Waals surface area contributed by atoms with Crippen molar-refractivity contribution in [3.63, 3.8) is 0 Å². The van der Waals surface area contributed by atoms with E-state index in [9.17, 15) is 4.79 Å². The highest BCUT2D eigenvalue weighted by Gasteiger charge is 2.39. The summed E-state index contributed by atoms with van der Waals surface area (Å²) in [7, 11) is 0. The van der Waals surface area contributed by atoms with Gasteiger partial charge in [0.1, 0.15) is 5.66 Å². The molecule has 6 N–H and O–H groups in total. The van der Waals surface area contributed by atoms with Crippen molar-refractivity contribution in [2.45, 2.75) is 56.1 Å². The Hall–Kier alpha value is -3.62. The topological polar surface area (TPSA) is 114 Å². The summed E-state index contributed by atoms with van der Waals surface area (Å²) in [5.74, 6) is 1.68. The molecule has 1 atom stereocenters. The molecular formula is C30H37N7O. The second kappa shape index (κ2) is 10.3. The molecule has 3 heterocycles. The summed E-state index contributed by atoms with van der Waals surface area (Å²) in [6, 6.07) is 18.6. The average Bonchev–Trinajstić information content (AvgIpc) is 3.42. The summed E-state index contributed by atoms with van der Waals surface area (Å²) in [5, 5.41) is 3.50. The molecule has 198 valence electrons. The number of piperidine rings is 1. The van der Waals surface area contributed by atoms with Crippen LogP contribution in [0.2, 0.25) is 0 Å². The number of carbonyl (C=O) groups is 1. The first-order valence-corrected chi connectivity index (χ1v) is 13.8. The standard InChI is InChI=1S/C30H37N7O/c31-25-10-8-24(9-11-25)30(32)20-27(28-33-16-19-37(28)35-30)34-26-12-6-23(7-13-26)29(38)36-17-14-22(15-18-36)21-4-2-1-3-5-21/h1-7,12-13,16,19-20,22,24-25,34-35H,8-11,14-15,17-18,31-32H2. The number of hydrogen-bond donors (Lipinski definition) is 4. The fourth-order valence-corrected chi connectivity index (χ4v) is 6.21. The smallest absolute Gasteiger partial charge is 0.253 e. The minimum atomic E-state index is -0.696. The third-order valence-electron chi connectivity index (χ3n) is 8.49. The largest absolute Gasteiger partial charge is 0.353 e. The molecule has 2 aromatic carbocycles. The van der Waals surface area contributed by atoms with Crippen molar-refractivity contribution in [2.24, 2.45) is 17.4 Å².